The summed E-state index contributed by atoms with van der Waals surface area (Å²) in [7, 11) is 0. The summed E-state index contributed by atoms with van der Waals surface area (Å²) in [5.41, 5.74) is 10.5. The van der Waals surface area contributed by atoms with Gasteiger partial charge in [-0.3, -0.25) is 0 Å². The van der Waals surface area contributed by atoms with Gasteiger partial charge in [-0.15, -0.1) is 0 Å². The molecule has 0 amide bonds. The first kappa shape index (κ1) is 34.0. The number of rotatable bonds is 9. The summed E-state index contributed by atoms with van der Waals surface area (Å²) in [4.78, 5) is 0. The van der Waals surface area contributed by atoms with Crippen molar-refractivity contribution in [2.45, 2.75) is 53.4 Å². The third kappa shape index (κ3) is 7.40. The Bertz CT molecular complexity index is 1920. The van der Waals surface area contributed by atoms with Crippen LogP contribution in [0.4, 0.5) is 0 Å². The van der Waals surface area contributed by atoms with E-state index in [2.05, 4.69) is 0 Å². The third-order valence-corrected chi connectivity index (χ3v) is 9.33. The summed E-state index contributed by atoms with van der Waals surface area (Å²) in [6, 6.07) is 29.1. The van der Waals surface area contributed by atoms with Gasteiger partial charge in [-0.25, -0.2) is 0 Å². The molecule has 50 heavy (non-hydrogen) atoms. The van der Waals surface area contributed by atoms with Crippen LogP contribution in [0.3, 0.4) is 0 Å². The average Bonchev–Trinajstić information content (AvgIpc) is 3.07. The molecule has 0 aromatic heterocycles. The zero-order chi connectivity index (χ0) is 35.7. The van der Waals surface area contributed by atoms with Crippen LogP contribution in [-0.4, -0.2) is 30.6 Å². The van der Waals surface area contributed by atoms with Crippen LogP contribution < -0.4 is 0 Å². The van der Waals surface area contributed by atoms with Crippen LogP contribution in [0.5, 0.6) is 34.5 Å². The second-order valence-corrected chi connectivity index (χ2v) is 13.5. The summed E-state index contributed by atoms with van der Waals surface area (Å²) >= 11 is 0. The molecule has 6 N–H and O–H groups in total. The van der Waals surface area contributed by atoms with Crippen LogP contribution in [0.15, 0.2) is 97.1 Å². The van der Waals surface area contributed by atoms with Crippen molar-refractivity contribution in [3.05, 3.63) is 164 Å². The van der Waals surface area contributed by atoms with E-state index in [0.29, 0.717) is 44.5 Å². The smallest absolute Gasteiger partial charge is 0.122 e. The minimum atomic E-state index is 0.0733. The van der Waals surface area contributed by atoms with Gasteiger partial charge in [0, 0.05) is 25.7 Å². The molecule has 0 bridgehead atoms. The first-order valence-electron chi connectivity index (χ1n) is 16.7. The maximum absolute atomic E-state index is 11.7. The fraction of sp³-hybridized carbons (Fsp3) is 0.182. The van der Waals surface area contributed by atoms with Crippen LogP contribution in [0.25, 0.3) is 11.1 Å². The van der Waals surface area contributed by atoms with Gasteiger partial charge in [-0.05, 0) is 132 Å². The second-order valence-electron chi connectivity index (χ2n) is 13.5. The van der Waals surface area contributed by atoms with E-state index in [4.69, 9.17) is 0 Å². The second kappa shape index (κ2) is 13.9. The highest BCUT2D eigenvalue weighted by molar-refractivity contribution is 5.72. The van der Waals surface area contributed by atoms with E-state index in [0.717, 1.165) is 33.4 Å². The number of aryl methyl sites for hydroxylation is 4. The van der Waals surface area contributed by atoms with Gasteiger partial charge in [-0.1, -0.05) is 70.8 Å². The minimum absolute atomic E-state index is 0.0733. The van der Waals surface area contributed by atoms with Gasteiger partial charge >= 0.3 is 0 Å². The van der Waals surface area contributed by atoms with Crippen molar-refractivity contribution in [2.24, 2.45) is 0 Å². The fourth-order valence-corrected chi connectivity index (χ4v) is 6.64. The van der Waals surface area contributed by atoms with Crippen molar-refractivity contribution in [3.63, 3.8) is 0 Å². The van der Waals surface area contributed by atoms with Gasteiger partial charge in [0.1, 0.15) is 34.5 Å². The Kier molecular flexibility index (Phi) is 9.47. The van der Waals surface area contributed by atoms with E-state index >= 15 is 0 Å². The Morgan fingerprint density at radius 1 is 0.300 bits per heavy atom. The van der Waals surface area contributed by atoms with Crippen molar-refractivity contribution in [3.8, 4) is 45.6 Å². The van der Waals surface area contributed by atoms with Crippen molar-refractivity contribution in [2.75, 3.05) is 0 Å². The standard InChI is InChI=1S/C44H42O6/c1-25-5-9-39(45)31(13-25)21-35-17-29(18-36(43(35)49)22-32-14-26(2)6-10-40(32)46)30-19-37(23-33-15-27(3)7-11-41(33)47)44(50)38(20-30)24-34-16-28(4)8-12-42(34)48/h5-20,45-50H,21-24H2,1-4H3. The fourth-order valence-electron chi connectivity index (χ4n) is 6.64. The molecule has 0 atom stereocenters. The van der Waals surface area contributed by atoms with Gasteiger partial charge in [0.15, 0.2) is 0 Å². The highest BCUT2D eigenvalue weighted by atomic mass is 16.3. The number of phenols is 6. The molecule has 0 saturated carbocycles. The predicted octanol–water partition coefficient (Wildman–Crippen LogP) is 9.18. The van der Waals surface area contributed by atoms with E-state index in [1.54, 1.807) is 24.3 Å². The van der Waals surface area contributed by atoms with Crippen LogP contribution in [0.2, 0.25) is 0 Å². The maximum Gasteiger partial charge on any atom is 0.122 e. The van der Waals surface area contributed by atoms with E-state index in [1.807, 2.05) is 100 Å². The molecule has 6 aromatic rings. The molecule has 6 rings (SSSR count). The minimum Gasteiger partial charge on any atom is -0.508 e. The van der Waals surface area contributed by atoms with Crippen LogP contribution in [0, 0.1) is 27.7 Å². The Labute approximate surface area is 292 Å². The van der Waals surface area contributed by atoms with Crippen molar-refractivity contribution in [1.29, 1.82) is 0 Å². The summed E-state index contributed by atoms with van der Waals surface area (Å²) < 4.78 is 0. The molecular weight excluding hydrogens is 624 g/mol. The molecule has 0 radical (unpaired) electrons. The lowest BCUT2D eigenvalue weighted by Crippen LogP contribution is -2.00. The van der Waals surface area contributed by atoms with Gasteiger partial charge in [0.2, 0.25) is 0 Å². The average molecular weight is 667 g/mol. The Balaban J connectivity index is 1.55. The monoisotopic (exact) mass is 666 g/mol. The molecule has 0 aliphatic carbocycles. The highest BCUT2D eigenvalue weighted by Crippen LogP contribution is 2.40. The topological polar surface area (TPSA) is 121 Å². The first-order chi connectivity index (χ1) is 23.8. The summed E-state index contributed by atoms with van der Waals surface area (Å²) in [6.07, 6.45) is 1.02. The lowest BCUT2D eigenvalue weighted by Gasteiger charge is -2.18. The molecule has 0 spiro atoms. The lowest BCUT2D eigenvalue weighted by molar-refractivity contribution is 0.455. The molecular formula is C44H42O6. The van der Waals surface area contributed by atoms with Gasteiger partial charge in [-0.2, -0.15) is 0 Å². The molecule has 6 heteroatoms. The molecule has 0 heterocycles. The maximum atomic E-state index is 11.7. The molecule has 0 fully saturated rings. The van der Waals surface area contributed by atoms with Gasteiger partial charge in [0.25, 0.3) is 0 Å². The predicted molar refractivity (Wildman–Crippen MR) is 198 cm³/mol. The van der Waals surface area contributed by atoms with E-state index in [-0.39, 0.29) is 60.2 Å². The van der Waals surface area contributed by atoms with Crippen molar-refractivity contribution >= 4 is 0 Å². The molecule has 0 aliphatic rings. The zero-order valence-corrected chi connectivity index (χ0v) is 28.7. The molecule has 0 unspecified atom stereocenters. The van der Waals surface area contributed by atoms with Gasteiger partial charge < -0.3 is 30.6 Å². The summed E-state index contributed by atoms with van der Waals surface area (Å²) in [6.45, 7) is 7.79. The molecule has 254 valence electrons. The van der Waals surface area contributed by atoms with E-state index in [9.17, 15) is 30.6 Å². The van der Waals surface area contributed by atoms with Crippen molar-refractivity contribution < 1.29 is 30.6 Å². The SMILES string of the molecule is Cc1ccc(O)c(Cc2cc(-c3cc(Cc4cc(C)ccc4O)c(O)c(Cc4cc(C)ccc4O)c3)cc(Cc3cc(C)ccc3O)c2O)c1. The highest BCUT2D eigenvalue weighted by Gasteiger charge is 2.19. The Morgan fingerprint density at radius 2 is 0.520 bits per heavy atom. The molecule has 0 aliphatic heterocycles. The van der Waals surface area contributed by atoms with Crippen LogP contribution in [0.1, 0.15) is 66.8 Å². The Hall–Kier alpha value is -5.88. The normalized spacial score (nSPS) is 11.2. The van der Waals surface area contributed by atoms with E-state index < -0.39 is 0 Å². The van der Waals surface area contributed by atoms with E-state index in [1.165, 1.54) is 0 Å². The quantitative estimate of drug-likeness (QED) is 0.0915. The Morgan fingerprint density at radius 3 is 0.740 bits per heavy atom. The third-order valence-electron chi connectivity index (χ3n) is 9.33. The summed E-state index contributed by atoms with van der Waals surface area (Å²) in [5.74, 6) is 0.659. The lowest BCUT2D eigenvalue weighted by atomic mass is 9.88. The molecule has 0 saturated heterocycles. The van der Waals surface area contributed by atoms with Crippen molar-refractivity contribution in [1.82, 2.24) is 0 Å². The molecule has 6 aromatic carbocycles. The number of hydrogen-bond donors (Lipinski definition) is 6. The first-order valence-corrected chi connectivity index (χ1v) is 16.7. The van der Waals surface area contributed by atoms with Crippen LogP contribution in [-0.2, 0) is 25.7 Å². The van der Waals surface area contributed by atoms with Gasteiger partial charge in [0.05, 0.1) is 0 Å². The summed E-state index contributed by atoms with van der Waals surface area (Å²) in [5, 5.41) is 66.3. The number of hydrogen-bond acceptors (Lipinski definition) is 6. The number of aromatic hydroxyl groups is 6. The largest absolute Gasteiger partial charge is 0.508 e. The zero-order valence-electron chi connectivity index (χ0n) is 28.7. The number of phenolic OH excluding ortho intramolecular Hbond substituents is 6. The molecule has 6 nitrogen and oxygen atoms in total. The van der Waals surface area contributed by atoms with Crippen LogP contribution >= 0.6 is 0 Å². The number of benzene rings is 6.